The van der Waals surface area contributed by atoms with Gasteiger partial charge in [-0.15, -0.1) is 23.1 Å². The van der Waals surface area contributed by atoms with Gasteiger partial charge >= 0.3 is 0 Å². The first-order valence-corrected chi connectivity index (χ1v) is 7.73. The lowest BCUT2D eigenvalue weighted by molar-refractivity contribution is 0.603. The molecular formula is C15H12FNS2. The molecule has 2 N–H and O–H groups in total. The van der Waals surface area contributed by atoms with E-state index < -0.39 is 0 Å². The van der Waals surface area contributed by atoms with Gasteiger partial charge in [0, 0.05) is 21.0 Å². The highest BCUT2D eigenvalue weighted by atomic mass is 32.2. The highest BCUT2D eigenvalue weighted by Crippen LogP contribution is 2.32. The summed E-state index contributed by atoms with van der Waals surface area (Å²) in [5, 5.41) is 3.41. The van der Waals surface area contributed by atoms with E-state index in [1.165, 1.54) is 33.5 Å². The van der Waals surface area contributed by atoms with Gasteiger partial charge in [-0.05, 0) is 40.6 Å². The molecule has 0 spiro atoms. The zero-order valence-corrected chi connectivity index (χ0v) is 11.7. The number of fused-ring (bicyclic) bond motifs is 1. The summed E-state index contributed by atoms with van der Waals surface area (Å²) in [4.78, 5) is 0.643. The quantitative estimate of drug-likeness (QED) is 0.547. The summed E-state index contributed by atoms with van der Waals surface area (Å²) >= 11 is 3.23. The number of nitrogen functional groups attached to an aromatic ring is 1. The Bertz CT molecular complexity index is 721. The maximum absolute atomic E-state index is 13.7. The van der Waals surface area contributed by atoms with Crippen LogP contribution in [0.3, 0.4) is 0 Å². The Balaban J connectivity index is 1.82. The van der Waals surface area contributed by atoms with Crippen molar-refractivity contribution in [2.45, 2.75) is 10.6 Å². The van der Waals surface area contributed by atoms with Crippen LogP contribution in [0.25, 0.3) is 10.1 Å². The van der Waals surface area contributed by atoms with Crippen LogP contribution in [0.4, 0.5) is 10.1 Å². The van der Waals surface area contributed by atoms with Crippen LogP contribution in [0.5, 0.6) is 0 Å². The smallest absolute Gasteiger partial charge is 0.138 e. The fourth-order valence-electron chi connectivity index (χ4n) is 1.93. The van der Waals surface area contributed by atoms with Gasteiger partial charge in [-0.2, -0.15) is 0 Å². The topological polar surface area (TPSA) is 26.0 Å². The van der Waals surface area contributed by atoms with E-state index in [0.717, 1.165) is 5.75 Å². The molecule has 19 heavy (non-hydrogen) atoms. The van der Waals surface area contributed by atoms with E-state index in [1.807, 2.05) is 12.1 Å². The van der Waals surface area contributed by atoms with Crippen LogP contribution in [0.1, 0.15) is 5.56 Å². The minimum absolute atomic E-state index is 0.246. The first kappa shape index (κ1) is 12.5. The lowest BCUT2D eigenvalue weighted by atomic mass is 10.2. The Hall–Kier alpha value is -1.52. The molecule has 0 amide bonds. The molecule has 0 bridgehead atoms. The van der Waals surface area contributed by atoms with Crippen LogP contribution in [0.2, 0.25) is 0 Å². The highest BCUT2D eigenvalue weighted by Gasteiger charge is 2.07. The molecule has 0 fully saturated rings. The second kappa shape index (κ2) is 5.23. The molecule has 3 rings (SSSR count). The molecule has 4 heteroatoms. The number of halogens is 1. The Morgan fingerprint density at radius 3 is 2.84 bits per heavy atom. The molecule has 0 atom stereocenters. The minimum atomic E-state index is -0.246. The van der Waals surface area contributed by atoms with Gasteiger partial charge in [-0.3, -0.25) is 0 Å². The summed E-state index contributed by atoms with van der Waals surface area (Å²) in [7, 11) is 0. The zero-order chi connectivity index (χ0) is 13.2. The van der Waals surface area contributed by atoms with Crippen molar-refractivity contribution < 1.29 is 4.39 Å². The Labute approximate surface area is 119 Å². The van der Waals surface area contributed by atoms with Gasteiger partial charge in [0.05, 0.1) is 0 Å². The maximum atomic E-state index is 13.7. The van der Waals surface area contributed by atoms with Crippen molar-refractivity contribution in [1.82, 2.24) is 0 Å². The van der Waals surface area contributed by atoms with Gasteiger partial charge in [0.1, 0.15) is 5.82 Å². The maximum Gasteiger partial charge on any atom is 0.138 e. The Morgan fingerprint density at radius 2 is 2.00 bits per heavy atom. The van der Waals surface area contributed by atoms with E-state index in [9.17, 15) is 4.39 Å². The summed E-state index contributed by atoms with van der Waals surface area (Å²) in [5.41, 5.74) is 7.26. The molecule has 96 valence electrons. The van der Waals surface area contributed by atoms with E-state index >= 15 is 0 Å². The molecule has 0 saturated carbocycles. The summed E-state index contributed by atoms with van der Waals surface area (Å²) < 4.78 is 15.0. The fourth-order valence-corrected chi connectivity index (χ4v) is 3.91. The second-order valence-corrected chi connectivity index (χ2v) is 6.16. The van der Waals surface area contributed by atoms with Crippen molar-refractivity contribution in [3.8, 4) is 0 Å². The average molecular weight is 289 g/mol. The lowest BCUT2D eigenvalue weighted by Gasteiger charge is -2.03. The summed E-state index contributed by atoms with van der Waals surface area (Å²) in [6.45, 7) is 0. The van der Waals surface area contributed by atoms with Crippen molar-refractivity contribution >= 4 is 38.9 Å². The first-order valence-electron chi connectivity index (χ1n) is 5.87. The van der Waals surface area contributed by atoms with Gasteiger partial charge in [0.15, 0.2) is 0 Å². The van der Waals surface area contributed by atoms with Crippen molar-refractivity contribution in [2.75, 3.05) is 5.73 Å². The third-order valence-corrected chi connectivity index (χ3v) is 5.01. The molecular weight excluding hydrogens is 277 g/mol. The van der Waals surface area contributed by atoms with E-state index in [2.05, 4.69) is 17.5 Å². The molecule has 1 aromatic heterocycles. The zero-order valence-electron chi connectivity index (χ0n) is 10.1. The van der Waals surface area contributed by atoms with E-state index in [-0.39, 0.29) is 5.82 Å². The number of thiophene rings is 1. The van der Waals surface area contributed by atoms with Crippen molar-refractivity contribution in [3.63, 3.8) is 0 Å². The largest absolute Gasteiger partial charge is 0.399 e. The van der Waals surface area contributed by atoms with E-state index in [1.54, 1.807) is 23.5 Å². The van der Waals surface area contributed by atoms with Crippen LogP contribution in [-0.2, 0) is 5.75 Å². The molecule has 2 aromatic carbocycles. The molecule has 0 radical (unpaired) electrons. The summed E-state index contributed by atoms with van der Waals surface area (Å²) in [6.07, 6.45) is 0. The first-order chi connectivity index (χ1) is 9.24. The van der Waals surface area contributed by atoms with Gasteiger partial charge in [0.2, 0.25) is 0 Å². The number of benzene rings is 2. The number of nitrogens with two attached hydrogens (primary N) is 1. The Kier molecular flexibility index (Phi) is 3.44. The SMILES string of the molecule is Nc1ccc(SCc2csc3ccccc23)c(F)c1. The van der Waals surface area contributed by atoms with Crippen molar-refractivity contribution in [1.29, 1.82) is 0 Å². The Morgan fingerprint density at radius 1 is 1.16 bits per heavy atom. The predicted octanol–water partition coefficient (Wildman–Crippen LogP) is 4.91. The number of anilines is 1. The molecule has 3 aromatic rings. The van der Waals surface area contributed by atoms with Gasteiger partial charge < -0.3 is 5.73 Å². The predicted molar refractivity (Wildman–Crippen MR) is 82.2 cm³/mol. The van der Waals surface area contributed by atoms with Crippen LogP contribution >= 0.6 is 23.1 Å². The average Bonchev–Trinajstić information content (AvgIpc) is 2.81. The molecule has 1 nitrogen and oxygen atoms in total. The normalized spacial score (nSPS) is 11.0. The number of thioether (sulfide) groups is 1. The van der Waals surface area contributed by atoms with Gasteiger partial charge in [-0.1, -0.05) is 18.2 Å². The van der Waals surface area contributed by atoms with Crippen molar-refractivity contribution in [3.05, 3.63) is 59.2 Å². The number of rotatable bonds is 3. The standard InChI is InChI=1S/C15H12FNS2/c16-13-7-11(17)5-6-15(13)19-9-10-8-18-14-4-2-1-3-12(10)14/h1-8H,9,17H2. The van der Waals surface area contributed by atoms with Crippen LogP contribution in [0.15, 0.2) is 52.7 Å². The molecule has 0 saturated heterocycles. The highest BCUT2D eigenvalue weighted by molar-refractivity contribution is 7.98. The van der Waals surface area contributed by atoms with E-state index in [0.29, 0.717) is 10.6 Å². The third-order valence-electron chi connectivity index (χ3n) is 2.90. The molecule has 0 unspecified atom stereocenters. The molecule has 1 heterocycles. The van der Waals surface area contributed by atoms with Crippen LogP contribution in [0, 0.1) is 5.82 Å². The third kappa shape index (κ3) is 2.60. The van der Waals surface area contributed by atoms with Crippen molar-refractivity contribution in [2.24, 2.45) is 0 Å². The number of hydrogen-bond acceptors (Lipinski definition) is 3. The van der Waals surface area contributed by atoms with Crippen LogP contribution in [-0.4, -0.2) is 0 Å². The fraction of sp³-hybridized carbons (Fsp3) is 0.0667. The molecule has 0 aliphatic carbocycles. The summed E-state index contributed by atoms with van der Waals surface area (Å²) in [5.74, 6) is 0.523. The minimum Gasteiger partial charge on any atom is -0.399 e. The lowest BCUT2D eigenvalue weighted by Crippen LogP contribution is -1.88. The van der Waals surface area contributed by atoms with Gasteiger partial charge in [0.25, 0.3) is 0 Å². The van der Waals surface area contributed by atoms with Crippen LogP contribution < -0.4 is 5.73 Å². The van der Waals surface area contributed by atoms with Gasteiger partial charge in [-0.25, -0.2) is 4.39 Å². The number of hydrogen-bond donors (Lipinski definition) is 1. The monoisotopic (exact) mass is 289 g/mol. The molecule has 0 aliphatic rings. The molecule has 0 aliphatic heterocycles. The van der Waals surface area contributed by atoms with E-state index in [4.69, 9.17) is 5.73 Å². The summed E-state index contributed by atoms with van der Waals surface area (Å²) in [6, 6.07) is 13.1. The second-order valence-electron chi connectivity index (χ2n) is 4.24.